The Morgan fingerprint density at radius 3 is 2.66 bits per heavy atom. The lowest BCUT2D eigenvalue weighted by atomic mass is 10.0. The average Bonchev–Trinajstić information content (AvgIpc) is 3.42. The van der Waals surface area contributed by atoms with E-state index < -0.39 is 0 Å². The second kappa shape index (κ2) is 11.9. The molecule has 0 radical (unpaired) electrons. The van der Waals surface area contributed by atoms with Crippen molar-refractivity contribution in [3.05, 3.63) is 85.1 Å². The van der Waals surface area contributed by atoms with Crippen LogP contribution in [0.15, 0.2) is 85.1 Å². The zero-order valence-electron chi connectivity index (χ0n) is 21.7. The lowest BCUT2D eigenvalue weighted by molar-refractivity contribution is -0.111. The van der Waals surface area contributed by atoms with E-state index in [2.05, 4.69) is 38.4 Å². The molecule has 1 fully saturated rings. The van der Waals surface area contributed by atoms with Gasteiger partial charge in [0, 0.05) is 59.4 Å². The Bertz CT molecular complexity index is 1430. The highest BCUT2D eigenvalue weighted by molar-refractivity contribution is 6.00. The third-order valence-electron chi connectivity index (χ3n) is 6.36. The van der Waals surface area contributed by atoms with Crippen LogP contribution < -0.4 is 21.3 Å². The van der Waals surface area contributed by atoms with Crippen molar-refractivity contribution in [1.29, 1.82) is 0 Å². The number of anilines is 4. The van der Waals surface area contributed by atoms with Crippen LogP contribution in [0.1, 0.15) is 6.42 Å². The van der Waals surface area contributed by atoms with Crippen LogP contribution in [0.5, 0.6) is 0 Å². The standard InChI is InChI=1S/C30H33N7O/c1-37(2)17-5-10-28(38)34-25-8-3-6-21(18-25)27-9-4-7-22-19-32-30(36-29(22)27)35-24-13-11-23(12-14-24)33-26-15-16-31-20-26/h3-14,18-19,26,31,33H,15-17,20H2,1-2H3,(H,34,38)(H,32,35,36). The third kappa shape index (κ3) is 6.53. The van der Waals surface area contributed by atoms with Crippen LogP contribution in [0, 0.1) is 0 Å². The molecule has 0 bridgehead atoms. The van der Waals surface area contributed by atoms with E-state index in [-0.39, 0.29) is 5.91 Å². The second-order valence-electron chi connectivity index (χ2n) is 9.71. The van der Waals surface area contributed by atoms with Gasteiger partial charge in [0.25, 0.3) is 0 Å². The Kier molecular flexibility index (Phi) is 7.92. The summed E-state index contributed by atoms with van der Waals surface area (Å²) in [6, 6.07) is 22.5. The van der Waals surface area contributed by atoms with E-state index >= 15 is 0 Å². The molecular formula is C30H33N7O. The van der Waals surface area contributed by atoms with E-state index in [1.807, 2.05) is 85.9 Å². The van der Waals surface area contributed by atoms with Crippen molar-refractivity contribution in [2.75, 3.05) is 49.7 Å². The number of benzene rings is 3. The summed E-state index contributed by atoms with van der Waals surface area (Å²) in [6.45, 7) is 2.76. The van der Waals surface area contributed by atoms with Crippen molar-refractivity contribution in [1.82, 2.24) is 20.2 Å². The number of hydrogen-bond donors (Lipinski definition) is 4. The summed E-state index contributed by atoms with van der Waals surface area (Å²) in [4.78, 5) is 23.7. The molecule has 4 N–H and O–H groups in total. The van der Waals surface area contributed by atoms with Crippen LogP contribution >= 0.6 is 0 Å². The van der Waals surface area contributed by atoms with Crippen LogP contribution in [-0.2, 0) is 4.79 Å². The second-order valence-corrected chi connectivity index (χ2v) is 9.71. The molecule has 1 aromatic heterocycles. The van der Waals surface area contributed by atoms with Gasteiger partial charge >= 0.3 is 0 Å². The van der Waals surface area contributed by atoms with Gasteiger partial charge < -0.3 is 26.2 Å². The van der Waals surface area contributed by atoms with Crippen molar-refractivity contribution in [2.45, 2.75) is 12.5 Å². The van der Waals surface area contributed by atoms with Crippen molar-refractivity contribution in [2.24, 2.45) is 0 Å². The van der Waals surface area contributed by atoms with Crippen LogP contribution in [-0.4, -0.2) is 60.5 Å². The van der Waals surface area contributed by atoms with Crippen LogP contribution in [0.4, 0.5) is 23.0 Å². The van der Waals surface area contributed by atoms with Gasteiger partial charge in [0.05, 0.1) is 5.52 Å². The van der Waals surface area contributed by atoms with Crippen LogP contribution in [0.3, 0.4) is 0 Å². The summed E-state index contributed by atoms with van der Waals surface area (Å²) >= 11 is 0. The van der Waals surface area contributed by atoms with E-state index in [0.717, 1.165) is 58.6 Å². The molecule has 0 saturated carbocycles. The summed E-state index contributed by atoms with van der Waals surface area (Å²) in [5.74, 6) is 0.373. The van der Waals surface area contributed by atoms with Gasteiger partial charge in [-0.1, -0.05) is 36.4 Å². The molecule has 194 valence electrons. The topological polar surface area (TPSA) is 94.2 Å². The lowest BCUT2D eigenvalue weighted by Crippen LogP contribution is -2.21. The van der Waals surface area contributed by atoms with Gasteiger partial charge in [-0.15, -0.1) is 0 Å². The number of nitrogens with one attached hydrogen (secondary N) is 4. The first-order valence-electron chi connectivity index (χ1n) is 12.9. The van der Waals surface area contributed by atoms with E-state index in [1.165, 1.54) is 0 Å². The molecule has 1 saturated heterocycles. The third-order valence-corrected chi connectivity index (χ3v) is 6.36. The number of carbonyl (C=O) groups excluding carboxylic acids is 1. The smallest absolute Gasteiger partial charge is 0.248 e. The van der Waals surface area contributed by atoms with Gasteiger partial charge in [-0.2, -0.15) is 0 Å². The number of fused-ring (bicyclic) bond motifs is 1. The highest BCUT2D eigenvalue weighted by Crippen LogP contribution is 2.30. The molecule has 0 aliphatic carbocycles. The first-order valence-corrected chi connectivity index (χ1v) is 12.9. The number of aromatic nitrogens is 2. The number of para-hydroxylation sites is 1. The fourth-order valence-corrected chi connectivity index (χ4v) is 4.46. The van der Waals surface area contributed by atoms with Crippen LogP contribution in [0.25, 0.3) is 22.0 Å². The first-order chi connectivity index (χ1) is 18.5. The summed E-state index contributed by atoms with van der Waals surface area (Å²) in [5, 5.41) is 14.2. The summed E-state index contributed by atoms with van der Waals surface area (Å²) in [6.07, 6.45) is 6.37. The highest BCUT2D eigenvalue weighted by Gasteiger charge is 2.14. The van der Waals surface area contributed by atoms with Crippen LogP contribution in [0.2, 0.25) is 0 Å². The minimum absolute atomic E-state index is 0.156. The normalized spacial score (nSPS) is 15.3. The van der Waals surface area contributed by atoms with E-state index in [0.29, 0.717) is 18.5 Å². The van der Waals surface area contributed by atoms with Crippen molar-refractivity contribution < 1.29 is 4.79 Å². The Hall–Kier alpha value is -4.27. The maximum Gasteiger partial charge on any atom is 0.248 e. The predicted molar refractivity (Wildman–Crippen MR) is 156 cm³/mol. The lowest BCUT2D eigenvalue weighted by Gasteiger charge is -2.14. The van der Waals surface area contributed by atoms with Crippen molar-refractivity contribution >= 4 is 39.8 Å². The molecule has 1 unspecified atom stereocenters. The molecule has 2 heterocycles. The largest absolute Gasteiger partial charge is 0.381 e. The molecule has 1 aliphatic rings. The summed E-state index contributed by atoms with van der Waals surface area (Å²) in [5.41, 5.74) is 5.53. The highest BCUT2D eigenvalue weighted by atomic mass is 16.1. The molecule has 1 aliphatic heterocycles. The molecule has 8 nitrogen and oxygen atoms in total. The Balaban J connectivity index is 1.33. The SMILES string of the molecule is CN(C)CC=CC(=O)Nc1cccc(-c2cccc3cnc(Nc4ccc(NC5CCNC5)cc4)nc23)c1. The molecular weight excluding hydrogens is 474 g/mol. The maximum absolute atomic E-state index is 12.3. The number of likely N-dealkylation sites (N-methyl/N-ethyl adjacent to an activating group) is 1. The van der Waals surface area contributed by atoms with Gasteiger partial charge in [-0.3, -0.25) is 4.79 Å². The molecule has 3 aromatic carbocycles. The minimum atomic E-state index is -0.156. The Morgan fingerprint density at radius 2 is 1.87 bits per heavy atom. The van der Waals surface area contributed by atoms with Gasteiger partial charge in [-0.05, 0) is 69.0 Å². The fraction of sp³-hybridized carbons (Fsp3) is 0.233. The molecule has 4 aromatic rings. The molecule has 8 heteroatoms. The molecule has 1 amide bonds. The first kappa shape index (κ1) is 25.4. The van der Waals surface area contributed by atoms with Gasteiger partial charge in [-0.25, -0.2) is 9.97 Å². The monoisotopic (exact) mass is 507 g/mol. The number of hydrogen-bond acceptors (Lipinski definition) is 7. The van der Waals surface area contributed by atoms with Crippen molar-refractivity contribution in [3.63, 3.8) is 0 Å². The number of amides is 1. The average molecular weight is 508 g/mol. The molecule has 0 spiro atoms. The Labute approximate surface area is 223 Å². The predicted octanol–water partition coefficient (Wildman–Crippen LogP) is 4.87. The molecule has 38 heavy (non-hydrogen) atoms. The number of nitrogens with zero attached hydrogens (tertiary/aromatic N) is 3. The zero-order chi connectivity index (χ0) is 26.3. The summed E-state index contributed by atoms with van der Waals surface area (Å²) in [7, 11) is 3.92. The van der Waals surface area contributed by atoms with E-state index in [9.17, 15) is 4.79 Å². The number of rotatable bonds is 9. The Morgan fingerprint density at radius 1 is 1.05 bits per heavy atom. The van der Waals surface area contributed by atoms with E-state index in [4.69, 9.17) is 4.98 Å². The zero-order valence-corrected chi connectivity index (χ0v) is 21.7. The van der Waals surface area contributed by atoms with Gasteiger partial charge in [0.2, 0.25) is 11.9 Å². The van der Waals surface area contributed by atoms with Gasteiger partial charge in [0.1, 0.15) is 0 Å². The quantitative estimate of drug-likeness (QED) is 0.240. The maximum atomic E-state index is 12.3. The minimum Gasteiger partial charge on any atom is -0.381 e. The van der Waals surface area contributed by atoms with Gasteiger partial charge in [0.15, 0.2) is 0 Å². The summed E-state index contributed by atoms with van der Waals surface area (Å²) < 4.78 is 0. The van der Waals surface area contributed by atoms with Crippen molar-refractivity contribution in [3.8, 4) is 11.1 Å². The molecule has 1 atom stereocenters. The number of carbonyl (C=O) groups is 1. The molecule has 5 rings (SSSR count). The fourth-order valence-electron chi connectivity index (χ4n) is 4.46. The van der Waals surface area contributed by atoms with E-state index in [1.54, 1.807) is 6.08 Å².